The van der Waals surface area contributed by atoms with Gasteiger partial charge in [0.25, 0.3) is 5.91 Å². The van der Waals surface area contributed by atoms with Crippen molar-refractivity contribution in [1.82, 2.24) is 0 Å². The van der Waals surface area contributed by atoms with E-state index in [0.29, 0.717) is 34.8 Å². The molecule has 5 rings (SSSR count). The summed E-state index contributed by atoms with van der Waals surface area (Å²) in [7, 11) is 3.89. The number of nitrogens with zero attached hydrogens (tertiary/aromatic N) is 1. The maximum Gasteiger partial charge on any atom is 0.339 e. The number of methoxy groups -OCH3 is 3. The lowest BCUT2D eigenvalue weighted by atomic mass is 9.66. The first-order valence-corrected chi connectivity index (χ1v) is 12.1. The lowest BCUT2D eigenvalue weighted by Crippen LogP contribution is -2.58. The van der Waals surface area contributed by atoms with Crippen LogP contribution in [0.1, 0.15) is 32.3 Å². The van der Waals surface area contributed by atoms with Crippen LogP contribution in [0.2, 0.25) is 0 Å². The molecule has 0 saturated heterocycles. The number of anilines is 2. The molecule has 1 N–H and O–H groups in total. The van der Waals surface area contributed by atoms with Crippen LogP contribution in [-0.2, 0) is 34.2 Å². The number of ether oxygens (including phenoxy) is 3. The number of benzene rings is 2. The highest BCUT2D eigenvalue weighted by Crippen LogP contribution is 2.57. The van der Waals surface area contributed by atoms with Crippen molar-refractivity contribution in [2.45, 2.75) is 32.2 Å². The van der Waals surface area contributed by atoms with Gasteiger partial charge < -0.3 is 24.4 Å². The fourth-order valence-corrected chi connectivity index (χ4v) is 5.83. The summed E-state index contributed by atoms with van der Waals surface area (Å²) in [5.74, 6) is -2.10. The van der Waals surface area contributed by atoms with Gasteiger partial charge in [-0.05, 0) is 42.2 Å². The molecule has 1 aliphatic carbocycles. The molecule has 2 aromatic carbocycles. The third-order valence-electron chi connectivity index (χ3n) is 7.32. The van der Waals surface area contributed by atoms with Gasteiger partial charge in [-0.1, -0.05) is 32.0 Å². The van der Waals surface area contributed by atoms with Gasteiger partial charge in [0.1, 0.15) is 5.75 Å². The quantitative estimate of drug-likeness (QED) is 0.613. The molecular formula is C29H28N2O7. The SMILES string of the molecule is COC(=O)C1=C(C(=O)OC)C2(C(=O)Nc3ccccc32)N(c2ccc(OC)cc2)C2=C1C(=O)CC(C)(C)C2. The molecule has 0 saturated carbocycles. The van der Waals surface area contributed by atoms with Gasteiger partial charge in [-0.25, -0.2) is 9.59 Å². The number of para-hydroxylation sites is 1. The minimum atomic E-state index is -1.85. The Balaban J connectivity index is 1.99. The Morgan fingerprint density at radius 2 is 1.55 bits per heavy atom. The maximum absolute atomic E-state index is 14.2. The molecule has 38 heavy (non-hydrogen) atoms. The highest BCUT2D eigenvalue weighted by atomic mass is 16.5. The van der Waals surface area contributed by atoms with E-state index in [1.165, 1.54) is 14.2 Å². The minimum Gasteiger partial charge on any atom is -0.497 e. The van der Waals surface area contributed by atoms with Crippen LogP contribution in [0.25, 0.3) is 0 Å². The van der Waals surface area contributed by atoms with E-state index in [0.717, 1.165) is 0 Å². The van der Waals surface area contributed by atoms with Crippen molar-refractivity contribution < 1.29 is 33.4 Å². The Morgan fingerprint density at radius 3 is 2.18 bits per heavy atom. The molecule has 0 fully saturated rings. The van der Waals surface area contributed by atoms with E-state index < -0.39 is 28.8 Å². The first-order valence-electron chi connectivity index (χ1n) is 12.1. The van der Waals surface area contributed by atoms with Gasteiger partial charge in [0.05, 0.1) is 38.0 Å². The lowest BCUT2D eigenvalue weighted by Gasteiger charge is -2.50. The van der Waals surface area contributed by atoms with Crippen LogP contribution >= 0.6 is 0 Å². The van der Waals surface area contributed by atoms with Gasteiger partial charge in [-0.3, -0.25) is 9.59 Å². The zero-order chi connectivity index (χ0) is 27.4. The smallest absolute Gasteiger partial charge is 0.339 e. The number of carbonyl (C=O) groups is 4. The predicted molar refractivity (Wildman–Crippen MR) is 138 cm³/mol. The molecule has 1 atom stereocenters. The van der Waals surface area contributed by atoms with Crippen molar-refractivity contribution in [3.8, 4) is 5.75 Å². The highest BCUT2D eigenvalue weighted by Gasteiger charge is 2.63. The number of ketones is 1. The van der Waals surface area contributed by atoms with Crippen molar-refractivity contribution in [3.63, 3.8) is 0 Å². The van der Waals surface area contributed by atoms with Crippen molar-refractivity contribution in [1.29, 1.82) is 0 Å². The Bertz CT molecular complexity index is 1450. The normalized spacial score (nSPS) is 21.7. The second-order valence-electron chi connectivity index (χ2n) is 10.2. The van der Waals surface area contributed by atoms with Crippen molar-refractivity contribution in [2.75, 3.05) is 31.5 Å². The summed E-state index contributed by atoms with van der Waals surface area (Å²) >= 11 is 0. The zero-order valence-corrected chi connectivity index (χ0v) is 21.8. The summed E-state index contributed by atoms with van der Waals surface area (Å²) < 4.78 is 15.6. The minimum absolute atomic E-state index is 0.0650. The van der Waals surface area contributed by atoms with Crippen LogP contribution in [0.15, 0.2) is 70.9 Å². The van der Waals surface area contributed by atoms with Crippen LogP contribution in [0.5, 0.6) is 5.75 Å². The average molecular weight is 517 g/mol. The van der Waals surface area contributed by atoms with Crippen LogP contribution in [0.3, 0.4) is 0 Å². The Hall–Kier alpha value is -4.40. The van der Waals surface area contributed by atoms with Gasteiger partial charge in [-0.15, -0.1) is 0 Å². The number of Topliss-reactive ketones (excluding diaryl/α,β-unsaturated/α-hetero) is 1. The molecule has 0 radical (unpaired) electrons. The molecule has 9 nitrogen and oxygen atoms in total. The lowest BCUT2D eigenvalue weighted by molar-refractivity contribution is -0.141. The van der Waals surface area contributed by atoms with E-state index in [1.54, 1.807) is 60.5 Å². The first kappa shape index (κ1) is 25.3. The standard InChI is InChI=1S/C29H28N2O7/c1-28(2)14-20-22(21(32)15-28)23(25(33)37-4)24(26(34)38-5)29(18-8-6-7-9-19(18)30-27(29)35)31(20)16-10-12-17(36-3)13-11-16/h6-13H,14-15H2,1-5H3,(H,30,35). The predicted octanol–water partition coefficient (Wildman–Crippen LogP) is 3.65. The fraction of sp³-hybridized carbons (Fsp3) is 0.310. The van der Waals surface area contributed by atoms with E-state index in [9.17, 15) is 19.2 Å². The molecular weight excluding hydrogens is 488 g/mol. The van der Waals surface area contributed by atoms with E-state index in [2.05, 4.69) is 5.32 Å². The van der Waals surface area contributed by atoms with Crippen molar-refractivity contribution >= 4 is 35.0 Å². The van der Waals surface area contributed by atoms with Crippen molar-refractivity contribution in [3.05, 3.63) is 76.5 Å². The Kier molecular flexibility index (Phi) is 5.89. The second kappa shape index (κ2) is 8.86. The largest absolute Gasteiger partial charge is 0.497 e. The molecule has 0 bridgehead atoms. The molecule has 3 aliphatic rings. The molecule has 1 amide bonds. The molecule has 2 heterocycles. The number of nitrogens with one attached hydrogen (secondary N) is 1. The van der Waals surface area contributed by atoms with Crippen LogP contribution in [-0.4, -0.2) is 45.0 Å². The van der Waals surface area contributed by atoms with E-state index in [-0.39, 0.29) is 28.9 Å². The van der Waals surface area contributed by atoms with Crippen LogP contribution in [0.4, 0.5) is 11.4 Å². The summed E-state index contributed by atoms with van der Waals surface area (Å²) in [5, 5.41) is 2.89. The topological polar surface area (TPSA) is 111 Å². The van der Waals surface area contributed by atoms with Gasteiger partial charge in [0.15, 0.2) is 11.3 Å². The van der Waals surface area contributed by atoms with E-state index in [4.69, 9.17) is 14.2 Å². The second-order valence-corrected chi connectivity index (χ2v) is 10.2. The molecule has 0 aromatic heterocycles. The number of carbonyl (C=O) groups excluding carboxylic acids is 4. The zero-order valence-electron chi connectivity index (χ0n) is 21.8. The summed E-state index contributed by atoms with van der Waals surface area (Å²) in [6, 6.07) is 13.9. The van der Waals surface area contributed by atoms with Crippen LogP contribution < -0.4 is 15.0 Å². The number of amides is 1. The van der Waals surface area contributed by atoms with E-state index in [1.807, 2.05) is 13.8 Å². The highest BCUT2D eigenvalue weighted by molar-refractivity contribution is 6.24. The number of allylic oxidation sites excluding steroid dienone is 1. The monoisotopic (exact) mass is 516 g/mol. The summed E-state index contributed by atoms with van der Waals surface area (Å²) in [4.78, 5) is 56.7. The Morgan fingerprint density at radius 1 is 0.895 bits per heavy atom. The summed E-state index contributed by atoms with van der Waals surface area (Å²) in [6.45, 7) is 3.90. The average Bonchev–Trinajstić information content (AvgIpc) is 3.18. The molecule has 196 valence electrons. The molecule has 1 spiro atoms. The van der Waals surface area contributed by atoms with Gasteiger partial charge >= 0.3 is 11.9 Å². The third kappa shape index (κ3) is 3.45. The van der Waals surface area contributed by atoms with E-state index >= 15 is 0 Å². The molecule has 1 unspecified atom stereocenters. The summed E-state index contributed by atoms with van der Waals surface area (Å²) in [5.41, 5.74) is -0.873. The Labute approximate surface area is 220 Å². The first-order chi connectivity index (χ1) is 18.1. The number of esters is 2. The van der Waals surface area contributed by atoms with Gasteiger partial charge in [0.2, 0.25) is 0 Å². The van der Waals surface area contributed by atoms with Crippen molar-refractivity contribution in [2.24, 2.45) is 5.41 Å². The summed E-state index contributed by atoms with van der Waals surface area (Å²) in [6.07, 6.45) is 0.499. The molecule has 2 aromatic rings. The fourth-order valence-electron chi connectivity index (χ4n) is 5.83. The number of hydrogen-bond donors (Lipinski definition) is 1. The molecule has 9 heteroatoms. The maximum atomic E-state index is 14.2. The molecule has 2 aliphatic heterocycles. The third-order valence-corrected chi connectivity index (χ3v) is 7.32. The van der Waals surface area contributed by atoms with Gasteiger partial charge in [-0.2, -0.15) is 0 Å². The number of rotatable bonds is 4. The van der Waals surface area contributed by atoms with Crippen LogP contribution in [0, 0.1) is 5.41 Å². The number of fused-ring (bicyclic) bond motifs is 2. The number of hydrogen-bond acceptors (Lipinski definition) is 8. The van der Waals surface area contributed by atoms with Gasteiger partial charge in [0, 0.05) is 29.1 Å².